The van der Waals surface area contributed by atoms with Gasteiger partial charge in [0.1, 0.15) is 0 Å². The van der Waals surface area contributed by atoms with Crippen LogP contribution >= 0.6 is 0 Å². The van der Waals surface area contributed by atoms with E-state index >= 15 is 0 Å². The molecule has 3 heteroatoms. The highest BCUT2D eigenvalue weighted by Gasteiger charge is 2.07. The highest BCUT2D eigenvalue weighted by molar-refractivity contribution is 5.99. The third kappa shape index (κ3) is 1.84. The molecule has 0 saturated carbocycles. The van der Waals surface area contributed by atoms with Gasteiger partial charge in [-0.2, -0.15) is 0 Å². The zero-order valence-corrected chi connectivity index (χ0v) is 9.07. The SMILES string of the molecule is CCOC(=O)c1ccc2c(N)cccc2c1. The van der Waals surface area contributed by atoms with Crippen LogP contribution in [0.15, 0.2) is 36.4 Å². The monoisotopic (exact) mass is 215 g/mol. The molecule has 2 aromatic carbocycles. The second-order valence-electron chi connectivity index (χ2n) is 3.50. The lowest BCUT2D eigenvalue weighted by Crippen LogP contribution is -2.04. The molecule has 0 amide bonds. The number of carbonyl (C=O) groups is 1. The van der Waals surface area contributed by atoms with Crippen molar-refractivity contribution in [1.82, 2.24) is 0 Å². The summed E-state index contributed by atoms with van der Waals surface area (Å²) in [7, 11) is 0. The highest BCUT2D eigenvalue weighted by Crippen LogP contribution is 2.22. The van der Waals surface area contributed by atoms with E-state index in [2.05, 4.69) is 0 Å². The molecule has 0 aliphatic carbocycles. The molecule has 2 aromatic rings. The lowest BCUT2D eigenvalue weighted by molar-refractivity contribution is 0.0526. The summed E-state index contributed by atoms with van der Waals surface area (Å²) in [6, 6.07) is 11.0. The van der Waals surface area contributed by atoms with Crippen LogP contribution in [-0.4, -0.2) is 12.6 Å². The maximum Gasteiger partial charge on any atom is 0.338 e. The average Bonchev–Trinajstić information content (AvgIpc) is 2.29. The van der Waals surface area contributed by atoms with Gasteiger partial charge in [0.15, 0.2) is 0 Å². The van der Waals surface area contributed by atoms with Crippen LogP contribution in [0, 0.1) is 0 Å². The molecule has 0 aromatic heterocycles. The van der Waals surface area contributed by atoms with Gasteiger partial charge in [0.25, 0.3) is 0 Å². The van der Waals surface area contributed by atoms with Gasteiger partial charge in [-0.3, -0.25) is 0 Å². The molecule has 2 rings (SSSR count). The van der Waals surface area contributed by atoms with Crippen molar-refractivity contribution in [1.29, 1.82) is 0 Å². The molecule has 0 spiro atoms. The van der Waals surface area contributed by atoms with Crippen molar-refractivity contribution >= 4 is 22.4 Å². The van der Waals surface area contributed by atoms with Gasteiger partial charge in [-0.25, -0.2) is 4.79 Å². The Labute approximate surface area is 93.8 Å². The van der Waals surface area contributed by atoms with Gasteiger partial charge < -0.3 is 10.5 Å². The second kappa shape index (κ2) is 4.23. The normalized spacial score (nSPS) is 10.3. The lowest BCUT2D eigenvalue weighted by Gasteiger charge is -2.05. The summed E-state index contributed by atoms with van der Waals surface area (Å²) in [6.45, 7) is 2.17. The first kappa shape index (κ1) is 10.5. The van der Waals surface area contributed by atoms with E-state index < -0.39 is 0 Å². The largest absolute Gasteiger partial charge is 0.462 e. The Morgan fingerprint density at radius 2 is 2.12 bits per heavy atom. The van der Waals surface area contributed by atoms with Crippen LogP contribution in [-0.2, 0) is 4.74 Å². The van der Waals surface area contributed by atoms with E-state index in [0.29, 0.717) is 17.9 Å². The first-order chi connectivity index (χ1) is 7.72. The van der Waals surface area contributed by atoms with E-state index in [-0.39, 0.29) is 5.97 Å². The minimum Gasteiger partial charge on any atom is -0.462 e. The van der Waals surface area contributed by atoms with Crippen LogP contribution in [0.2, 0.25) is 0 Å². The summed E-state index contributed by atoms with van der Waals surface area (Å²) in [5, 5.41) is 1.90. The van der Waals surface area contributed by atoms with E-state index in [1.54, 1.807) is 19.1 Å². The van der Waals surface area contributed by atoms with Gasteiger partial charge in [0.05, 0.1) is 12.2 Å². The molecule has 0 fully saturated rings. The van der Waals surface area contributed by atoms with Crippen molar-refractivity contribution in [2.24, 2.45) is 0 Å². The molecule has 16 heavy (non-hydrogen) atoms. The Hall–Kier alpha value is -2.03. The molecule has 0 atom stereocenters. The topological polar surface area (TPSA) is 52.3 Å². The van der Waals surface area contributed by atoms with Crippen molar-refractivity contribution in [3.8, 4) is 0 Å². The third-order valence-electron chi connectivity index (χ3n) is 2.43. The number of benzene rings is 2. The highest BCUT2D eigenvalue weighted by atomic mass is 16.5. The quantitative estimate of drug-likeness (QED) is 0.618. The van der Waals surface area contributed by atoms with Crippen LogP contribution in [0.3, 0.4) is 0 Å². The number of nitrogens with two attached hydrogens (primary N) is 1. The van der Waals surface area contributed by atoms with E-state index in [9.17, 15) is 4.79 Å². The second-order valence-corrected chi connectivity index (χ2v) is 3.50. The third-order valence-corrected chi connectivity index (χ3v) is 2.43. The number of hydrogen-bond acceptors (Lipinski definition) is 3. The summed E-state index contributed by atoms with van der Waals surface area (Å²) in [4.78, 5) is 11.5. The fourth-order valence-electron chi connectivity index (χ4n) is 1.65. The van der Waals surface area contributed by atoms with Gasteiger partial charge in [0.2, 0.25) is 0 Å². The van der Waals surface area contributed by atoms with E-state index in [1.807, 2.05) is 24.3 Å². The molecule has 0 heterocycles. The average molecular weight is 215 g/mol. The molecular weight excluding hydrogens is 202 g/mol. The molecular formula is C13H13NO2. The van der Waals surface area contributed by atoms with Gasteiger partial charge in [-0.15, -0.1) is 0 Å². The standard InChI is InChI=1S/C13H13NO2/c1-2-16-13(15)10-6-7-11-9(8-10)4-3-5-12(11)14/h3-8H,2,14H2,1H3. The van der Waals surface area contributed by atoms with E-state index in [0.717, 1.165) is 10.8 Å². The van der Waals surface area contributed by atoms with Crippen LogP contribution in [0.1, 0.15) is 17.3 Å². The molecule has 2 N–H and O–H groups in total. The summed E-state index contributed by atoms with van der Waals surface area (Å²) >= 11 is 0. The number of ether oxygens (including phenoxy) is 1. The number of anilines is 1. The maximum atomic E-state index is 11.5. The Morgan fingerprint density at radius 3 is 2.88 bits per heavy atom. The number of hydrogen-bond donors (Lipinski definition) is 1. The van der Waals surface area contributed by atoms with Crippen molar-refractivity contribution in [3.05, 3.63) is 42.0 Å². The van der Waals surface area contributed by atoms with Gasteiger partial charge in [0, 0.05) is 11.1 Å². The van der Waals surface area contributed by atoms with Gasteiger partial charge in [-0.1, -0.05) is 18.2 Å². The first-order valence-corrected chi connectivity index (χ1v) is 5.17. The minimum absolute atomic E-state index is 0.299. The lowest BCUT2D eigenvalue weighted by atomic mass is 10.1. The van der Waals surface area contributed by atoms with Crippen molar-refractivity contribution < 1.29 is 9.53 Å². The number of carbonyl (C=O) groups excluding carboxylic acids is 1. The van der Waals surface area contributed by atoms with E-state index in [1.165, 1.54) is 0 Å². The Bertz CT molecular complexity index is 534. The van der Waals surface area contributed by atoms with Crippen molar-refractivity contribution in [2.75, 3.05) is 12.3 Å². The fourth-order valence-corrected chi connectivity index (χ4v) is 1.65. The molecule has 3 nitrogen and oxygen atoms in total. The van der Waals surface area contributed by atoms with Gasteiger partial charge in [-0.05, 0) is 30.5 Å². The summed E-state index contributed by atoms with van der Waals surface area (Å²) in [6.07, 6.45) is 0. The molecule has 0 saturated heterocycles. The molecule has 0 bridgehead atoms. The molecule has 0 aliphatic rings. The first-order valence-electron chi connectivity index (χ1n) is 5.17. The minimum atomic E-state index is -0.299. The Kier molecular flexibility index (Phi) is 2.77. The number of nitrogen functional groups attached to an aromatic ring is 1. The zero-order valence-electron chi connectivity index (χ0n) is 9.07. The van der Waals surface area contributed by atoms with E-state index in [4.69, 9.17) is 10.5 Å². The smallest absolute Gasteiger partial charge is 0.338 e. The van der Waals surface area contributed by atoms with Crippen LogP contribution < -0.4 is 5.73 Å². The van der Waals surface area contributed by atoms with Crippen LogP contribution in [0.25, 0.3) is 10.8 Å². The van der Waals surface area contributed by atoms with Crippen molar-refractivity contribution in [3.63, 3.8) is 0 Å². The van der Waals surface area contributed by atoms with Crippen LogP contribution in [0.5, 0.6) is 0 Å². The molecule has 82 valence electrons. The summed E-state index contributed by atoms with van der Waals surface area (Å²) in [5.74, 6) is -0.299. The molecule has 0 unspecified atom stereocenters. The number of fused-ring (bicyclic) bond motifs is 1. The summed E-state index contributed by atoms with van der Waals surface area (Å²) < 4.78 is 4.94. The zero-order chi connectivity index (χ0) is 11.5. The Balaban J connectivity index is 2.48. The predicted octanol–water partition coefficient (Wildman–Crippen LogP) is 2.60. The number of rotatable bonds is 2. The Morgan fingerprint density at radius 1 is 1.31 bits per heavy atom. The summed E-state index contributed by atoms with van der Waals surface area (Å²) in [5.41, 5.74) is 7.10. The van der Waals surface area contributed by atoms with Crippen LogP contribution in [0.4, 0.5) is 5.69 Å². The maximum absolute atomic E-state index is 11.5. The van der Waals surface area contributed by atoms with Gasteiger partial charge >= 0.3 is 5.97 Å². The predicted molar refractivity (Wildman–Crippen MR) is 64.3 cm³/mol. The fraction of sp³-hybridized carbons (Fsp3) is 0.154. The number of esters is 1. The molecule has 0 radical (unpaired) electrons. The van der Waals surface area contributed by atoms with Crippen molar-refractivity contribution in [2.45, 2.75) is 6.92 Å². The molecule has 0 aliphatic heterocycles.